The molecule has 0 unspecified atom stereocenters. The SMILES string of the molecule is Cc1cnc(-c2ccc(F)c3ccccc23)c(C)n1. The summed E-state index contributed by atoms with van der Waals surface area (Å²) in [5, 5.41) is 1.48. The Balaban J connectivity index is 2.34. The van der Waals surface area contributed by atoms with Crippen LogP contribution in [0, 0.1) is 19.7 Å². The minimum Gasteiger partial charge on any atom is -0.255 e. The molecule has 0 saturated heterocycles. The quantitative estimate of drug-likeness (QED) is 0.653. The van der Waals surface area contributed by atoms with E-state index in [9.17, 15) is 4.39 Å². The van der Waals surface area contributed by atoms with Crippen molar-refractivity contribution in [3.05, 3.63) is 59.8 Å². The van der Waals surface area contributed by atoms with Gasteiger partial charge in [0.2, 0.25) is 0 Å². The van der Waals surface area contributed by atoms with E-state index in [4.69, 9.17) is 0 Å². The fraction of sp³-hybridized carbons (Fsp3) is 0.125. The lowest BCUT2D eigenvalue weighted by molar-refractivity contribution is 0.640. The van der Waals surface area contributed by atoms with Crippen molar-refractivity contribution in [3.8, 4) is 11.3 Å². The summed E-state index contributed by atoms with van der Waals surface area (Å²) in [6.45, 7) is 3.83. The maximum absolute atomic E-state index is 13.8. The van der Waals surface area contributed by atoms with Crippen LogP contribution in [0.5, 0.6) is 0 Å². The molecule has 0 radical (unpaired) electrons. The third-order valence-corrected chi connectivity index (χ3v) is 3.19. The molecular weight excluding hydrogens is 239 g/mol. The van der Waals surface area contributed by atoms with Crippen LogP contribution < -0.4 is 0 Å². The number of hydrogen-bond donors (Lipinski definition) is 0. The lowest BCUT2D eigenvalue weighted by atomic mass is 10.0. The summed E-state index contributed by atoms with van der Waals surface area (Å²) < 4.78 is 13.8. The fourth-order valence-corrected chi connectivity index (χ4v) is 2.33. The van der Waals surface area contributed by atoms with Gasteiger partial charge in [-0.15, -0.1) is 0 Å². The van der Waals surface area contributed by atoms with Crippen LogP contribution in [-0.4, -0.2) is 9.97 Å². The highest BCUT2D eigenvalue weighted by molar-refractivity contribution is 5.96. The van der Waals surface area contributed by atoms with Crippen LogP contribution >= 0.6 is 0 Å². The Morgan fingerprint density at radius 3 is 2.42 bits per heavy atom. The third-order valence-electron chi connectivity index (χ3n) is 3.19. The van der Waals surface area contributed by atoms with E-state index in [0.29, 0.717) is 5.39 Å². The molecule has 0 aliphatic carbocycles. The maximum Gasteiger partial charge on any atom is 0.131 e. The van der Waals surface area contributed by atoms with Gasteiger partial charge in [-0.2, -0.15) is 0 Å². The van der Waals surface area contributed by atoms with Crippen LogP contribution in [0.15, 0.2) is 42.6 Å². The summed E-state index contributed by atoms with van der Waals surface area (Å²) in [5.41, 5.74) is 3.47. The van der Waals surface area contributed by atoms with E-state index < -0.39 is 0 Å². The number of rotatable bonds is 1. The highest BCUT2D eigenvalue weighted by Crippen LogP contribution is 2.30. The van der Waals surface area contributed by atoms with E-state index >= 15 is 0 Å². The average Bonchev–Trinajstić information content (AvgIpc) is 2.41. The number of nitrogens with zero attached hydrogens (tertiary/aromatic N) is 2. The Bertz CT molecular complexity index is 766. The molecule has 1 aromatic heterocycles. The van der Waals surface area contributed by atoms with Crippen molar-refractivity contribution in [1.29, 1.82) is 0 Å². The van der Waals surface area contributed by atoms with Crippen LogP contribution in [0.25, 0.3) is 22.0 Å². The monoisotopic (exact) mass is 252 g/mol. The molecule has 0 amide bonds. The first kappa shape index (κ1) is 11.8. The van der Waals surface area contributed by atoms with Gasteiger partial charge in [0.1, 0.15) is 5.82 Å². The van der Waals surface area contributed by atoms with E-state index in [1.165, 1.54) is 6.07 Å². The predicted molar refractivity (Wildman–Crippen MR) is 74.4 cm³/mol. The Labute approximate surface area is 111 Å². The van der Waals surface area contributed by atoms with Gasteiger partial charge < -0.3 is 0 Å². The smallest absolute Gasteiger partial charge is 0.131 e. The highest BCUT2D eigenvalue weighted by Gasteiger charge is 2.11. The first-order chi connectivity index (χ1) is 9.16. The molecule has 2 nitrogen and oxygen atoms in total. The van der Waals surface area contributed by atoms with Crippen LogP contribution in [0.2, 0.25) is 0 Å². The molecule has 94 valence electrons. The second-order valence-electron chi connectivity index (χ2n) is 4.59. The lowest BCUT2D eigenvalue weighted by Gasteiger charge is -2.09. The minimum absolute atomic E-state index is 0.211. The zero-order valence-electron chi connectivity index (χ0n) is 10.8. The van der Waals surface area contributed by atoms with Gasteiger partial charge in [0.05, 0.1) is 17.1 Å². The average molecular weight is 252 g/mol. The van der Waals surface area contributed by atoms with E-state index in [2.05, 4.69) is 9.97 Å². The maximum atomic E-state index is 13.8. The topological polar surface area (TPSA) is 25.8 Å². The van der Waals surface area contributed by atoms with Crippen molar-refractivity contribution < 1.29 is 4.39 Å². The van der Waals surface area contributed by atoms with Crippen molar-refractivity contribution in [2.75, 3.05) is 0 Å². The van der Waals surface area contributed by atoms with Crippen molar-refractivity contribution in [3.63, 3.8) is 0 Å². The molecule has 0 aliphatic rings. The van der Waals surface area contributed by atoms with Gasteiger partial charge in [0.25, 0.3) is 0 Å². The summed E-state index contributed by atoms with van der Waals surface area (Å²) in [5.74, 6) is -0.211. The summed E-state index contributed by atoms with van der Waals surface area (Å²) in [4.78, 5) is 8.87. The van der Waals surface area contributed by atoms with Gasteiger partial charge in [0, 0.05) is 17.1 Å². The molecule has 0 fully saturated rings. The van der Waals surface area contributed by atoms with Gasteiger partial charge in [-0.1, -0.05) is 24.3 Å². The number of aryl methyl sites for hydroxylation is 2. The molecule has 1 heterocycles. The molecule has 3 rings (SSSR count). The van der Waals surface area contributed by atoms with Gasteiger partial charge in [-0.05, 0) is 31.4 Å². The zero-order chi connectivity index (χ0) is 13.4. The number of fused-ring (bicyclic) bond motifs is 1. The first-order valence-electron chi connectivity index (χ1n) is 6.14. The van der Waals surface area contributed by atoms with Crippen LogP contribution in [0.4, 0.5) is 4.39 Å². The number of halogens is 1. The molecule has 3 heteroatoms. The minimum atomic E-state index is -0.211. The summed E-state index contributed by atoms with van der Waals surface area (Å²) in [6, 6.07) is 10.7. The van der Waals surface area contributed by atoms with E-state index in [-0.39, 0.29) is 5.82 Å². The number of aromatic nitrogens is 2. The number of hydrogen-bond acceptors (Lipinski definition) is 2. The standard InChI is InChI=1S/C16H13FN2/c1-10-9-18-16(11(2)19-10)14-7-8-15(17)13-6-4-3-5-12(13)14/h3-9H,1-2H3. The molecule has 0 N–H and O–H groups in total. The lowest BCUT2D eigenvalue weighted by Crippen LogP contribution is -1.95. The third kappa shape index (κ3) is 1.97. The van der Waals surface area contributed by atoms with Crippen LogP contribution in [0.3, 0.4) is 0 Å². The van der Waals surface area contributed by atoms with Gasteiger partial charge in [-0.3, -0.25) is 9.97 Å². The molecule has 0 bridgehead atoms. The van der Waals surface area contributed by atoms with Crippen molar-refractivity contribution in [1.82, 2.24) is 9.97 Å². The Morgan fingerprint density at radius 1 is 0.947 bits per heavy atom. The molecule has 0 atom stereocenters. The van der Waals surface area contributed by atoms with Gasteiger partial charge >= 0.3 is 0 Å². The Hall–Kier alpha value is -2.29. The second-order valence-corrected chi connectivity index (χ2v) is 4.59. The number of benzene rings is 2. The van der Waals surface area contributed by atoms with E-state index in [1.54, 1.807) is 18.3 Å². The van der Waals surface area contributed by atoms with Crippen molar-refractivity contribution in [2.24, 2.45) is 0 Å². The van der Waals surface area contributed by atoms with Crippen LogP contribution in [0.1, 0.15) is 11.4 Å². The Morgan fingerprint density at radius 2 is 1.68 bits per heavy atom. The normalized spacial score (nSPS) is 10.9. The molecule has 2 aromatic carbocycles. The highest BCUT2D eigenvalue weighted by atomic mass is 19.1. The largest absolute Gasteiger partial charge is 0.255 e. The van der Waals surface area contributed by atoms with Crippen molar-refractivity contribution >= 4 is 10.8 Å². The zero-order valence-corrected chi connectivity index (χ0v) is 10.8. The van der Waals surface area contributed by atoms with Crippen molar-refractivity contribution in [2.45, 2.75) is 13.8 Å². The molecule has 19 heavy (non-hydrogen) atoms. The molecular formula is C16H13FN2. The summed E-state index contributed by atoms with van der Waals surface area (Å²) in [6.07, 6.45) is 1.74. The van der Waals surface area contributed by atoms with Gasteiger partial charge in [-0.25, -0.2) is 4.39 Å². The van der Waals surface area contributed by atoms with E-state index in [1.807, 2.05) is 32.0 Å². The molecule has 0 spiro atoms. The predicted octanol–water partition coefficient (Wildman–Crippen LogP) is 4.05. The Kier molecular flexibility index (Phi) is 2.75. The van der Waals surface area contributed by atoms with Crippen LogP contribution in [-0.2, 0) is 0 Å². The molecule has 0 saturated carbocycles. The summed E-state index contributed by atoms with van der Waals surface area (Å²) >= 11 is 0. The van der Waals surface area contributed by atoms with Gasteiger partial charge in [0.15, 0.2) is 0 Å². The first-order valence-corrected chi connectivity index (χ1v) is 6.14. The summed E-state index contributed by atoms with van der Waals surface area (Å²) in [7, 11) is 0. The van der Waals surface area contributed by atoms with E-state index in [0.717, 1.165) is 28.0 Å². The second kappa shape index (κ2) is 4.43. The molecule has 0 aliphatic heterocycles. The fourth-order valence-electron chi connectivity index (χ4n) is 2.33. The molecule has 3 aromatic rings.